The lowest BCUT2D eigenvalue weighted by molar-refractivity contribution is 0.568. The molecule has 0 spiro atoms. The highest BCUT2D eigenvalue weighted by molar-refractivity contribution is 5.63. The third-order valence-corrected chi connectivity index (χ3v) is 3.73. The van der Waals surface area contributed by atoms with E-state index in [4.69, 9.17) is 10.7 Å². The zero-order chi connectivity index (χ0) is 14.3. The van der Waals surface area contributed by atoms with Crippen molar-refractivity contribution in [3.63, 3.8) is 0 Å². The van der Waals surface area contributed by atoms with Crippen molar-refractivity contribution >= 4 is 5.82 Å². The lowest BCUT2D eigenvalue weighted by Gasteiger charge is -2.19. The minimum atomic E-state index is -0.0274. The molecule has 20 heavy (non-hydrogen) atoms. The van der Waals surface area contributed by atoms with Crippen LogP contribution >= 0.6 is 0 Å². The number of rotatable bonds is 2. The Morgan fingerprint density at radius 2 is 1.80 bits per heavy atom. The van der Waals surface area contributed by atoms with Gasteiger partial charge in [-0.05, 0) is 24.3 Å². The molecule has 104 valence electrons. The maximum Gasteiger partial charge on any atom is 0.162 e. The van der Waals surface area contributed by atoms with E-state index in [1.807, 2.05) is 12.1 Å². The number of aromatic nitrogens is 2. The van der Waals surface area contributed by atoms with E-state index < -0.39 is 0 Å². The van der Waals surface area contributed by atoms with Gasteiger partial charge in [-0.2, -0.15) is 0 Å². The number of hydrogen-bond donors (Lipinski definition) is 1. The van der Waals surface area contributed by atoms with E-state index in [1.54, 1.807) is 0 Å². The molecule has 1 aromatic heterocycles. The van der Waals surface area contributed by atoms with Crippen molar-refractivity contribution in [1.82, 2.24) is 9.97 Å². The smallest absolute Gasteiger partial charge is 0.162 e. The van der Waals surface area contributed by atoms with Crippen molar-refractivity contribution in [3.8, 4) is 11.4 Å². The number of nitrogen functional groups attached to an aromatic ring is 1. The Labute approximate surface area is 120 Å². The minimum Gasteiger partial charge on any atom is -0.384 e. The van der Waals surface area contributed by atoms with Gasteiger partial charge in [0.15, 0.2) is 5.82 Å². The van der Waals surface area contributed by atoms with Crippen LogP contribution in [0, 0.1) is 0 Å². The summed E-state index contributed by atoms with van der Waals surface area (Å²) >= 11 is 0. The third-order valence-electron chi connectivity index (χ3n) is 3.73. The Balaban J connectivity index is 2.13. The lowest BCUT2D eigenvalue weighted by atomic mass is 9.91. The van der Waals surface area contributed by atoms with Gasteiger partial charge in [-0.25, -0.2) is 9.97 Å². The molecule has 0 amide bonds. The molecule has 0 aliphatic heterocycles. The van der Waals surface area contributed by atoms with Gasteiger partial charge in [0.05, 0.1) is 5.69 Å². The molecule has 2 N–H and O–H groups in total. The molecule has 0 radical (unpaired) electrons. The van der Waals surface area contributed by atoms with E-state index in [0.29, 0.717) is 11.7 Å². The second-order valence-electron chi connectivity index (χ2n) is 6.61. The molecule has 1 aromatic carbocycles. The van der Waals surface area contributed by atoms with E-state index >= 15 is 0 Å². The van der Waals surface area contributed by atoms with E-state index in [1.165, 1.54) is 18.4 Å². The van der Waals surface area contributed by atoms with Crippen LogP contribution in [0.3, 0.4) is 0 Å². The second kappa shape index (κ2) is 4.58. The van der Waals surface area contributed by atoms with E-state index in [9.17, 15) is 0 Å². The zero-order valence-corrected chi connectivity index (χ0v) is 12.4. The molecule has 1 fully saturated rings. The highest BCUT2D eigenvalue weighted by Gasteiger charge is 2.27. The Kier molecular flexibility index (Phi) is 3.00. The van der Waals surface area contributed by atoms with Crippen LogP contribution in [0.2, 0.25) is 0 Å². The molecule has 3 heteroatoms. The predicted octanol–water partition coefficient (Wildman–Crippen LogP) is 3.90. The summed E-state index contributed by atoms with van der Waals surface area (Å²) < 4.78 is 0. The maximum absolute atomic E-state index is 5.98. The van der Waals surface area contributed by atoms with Gasteiger partial charge >= 0.3 is 0 Å². The van der Waals surface area contributed by atoms with Crippen molar-refractivity contribution in [1.29, 1.82) is 0 Å². The molecule has 0 saturated heterocycles. The number of benzene rings is 1. The Hall–Kier alpha value is -1.90. The summed E-state index contributed by atoms with van der Waals surface area (Å²) in [5, 5.41) is 0. The zero-order valence-electron chi connectivity index (χ0n) is 12.4. The highest BCUT2D eigenvalue weighted by Crippen LogP contribution is 2.43. The normalized spacial score (nSPS) is 15.3. The lowest BCUT2D eigenvalue weighted by Crippen LogP contribution is -2.15. The molecule has 1 aliphatic rings. The topological polar surface area (TPSA) is 51.8 Å². The van der Waals surface area contributed by atoms with Crippen LogP contribution in [0.25, 0.3) is 11.4 Å². The van der Waals surface area contributed by atoms with Crippen LogP contribution in [0.4, 0.5) is 5.82 Å². The number of anilines is 1. The first-order valence-electron chi connectivity index (χ1n) is 7.19. The van der Waals surface area contributed by atoms with Gasteiger partial charge in [-0.15, -0.1) is 0 Å². The van der Waals surface area contributed by atoms with Crippen molar-refractivity contribution in [2.45, 2.75) is 44.9 Å². The summed E-state index contributed by atoms with van der Waals surface area (Å²) in [4.78, 5) is 9.21. The number of nitrogens with zero attached hydrogens (tertiary/aromatic N) is 2. The largest absolute Gasteiger partial charge is 0.384 e. The quantitative estimate of drug-likeness (QED) is 0.897. The third kappa shape index (κ3) is 2.53. The first-order valence-corrected chi connectivity index (χ1v) is 7.19. The van der Waals surface area contributed by atoms with Crippen molar-refractivity contribution in [2.24, 2.45) is 0 Å². The predicted molar refractivity (Wildman–Crippen MR) is 82.6 cm³/mol. The molecule has 1 aliphatic carbocycles. The van der Waals surface area contributed by atoms with Gasteiger partial charge in [0.2, 0.25) is 0 Å². The van der Waals surface area contributed by atoms with Gasteiger partial charge in [0.1, 0.15) is 5.82 Å². The second-order valence-corrected chi connectivity index (χ2v) is 6.61. The van der Waals surface area contributed by atoms with E-state index in [-0.39, 0.29) is 5.41 Å². The summed E-state index contributed by atoms with van der Waals surface area (Å²) in [5.41, 5.74) is 9.44. The summed E-state index contributed by atoms with van der Waals surface area (Å²) in [6, 6.07) is 10.3. The molecule has 1 heterocycles. The van der Waals surface area contributed by atoms with Gasteiger partial charge in [0.25, 0.3) is 0 Å². The average molecular weight is 267 g/mol. The summed E-state index contributed by atoms with van der Waals surface area (Å²) in [5.74, 6) is 1.98. The van der Waals surface area contributed by atoms with Crippen molar-refractivity contribution in [3.05, 3.63) is 41.6 Å². The van der Waals surface area contributed by atoms with Crippen LogP contribution in [0.15, 0.2) is 30.3 Å². The molecule has 3 rings (SSSR count). The Bertz CT molecular complexity index is 637. The highest BCUT2D eigenvalue weighted by atomic mass is 15.0. The van der Waals surface area contributed by atoms with Gasteiger partial charge in [0, 0.05) is 17.0 Å². The molecular weight excluding hydrogens is 246 g/mol. The van der Waals surface area contributed by atoms with Gasteiger partial charge < -0.3 is 5.73 Å². The Morgan fingerprint density at radius 3 is 2.45 bits per heavy atom. The number of nitrogens with two attached hydrogens (primary N) is 1. The summed E-state index contributed by atoms with van der Waals surface area (Å²) in [6.45, 7) is 6.43. The van der Waals surface area contributed by atoms with E-state index in [0.717, 1.165) is 17.1 Å². The minimum absolute atomic E-state index is 0.0274. The first kappa shape index (κ1) is 13.1. The molecule has 0 atom stereocenters. The Morgan fingerprint density at radius 1 is 1.10 bits per heavy atom. The molecule has 0 bridgehead atoms. The van der Waals surface area contributed by atoms with Crippen LogP contribution in [-0.2, 0) is 5.41 Å². The van der Waals surface area contributed by atoms with Crippen LogP contribution in [-0.4, -0.2) is 9.97 Å². The van der Waals surface area contributed by atoms with Crippen molar-refractivity contribution in [2.75, 3.05) is 5.73 Å². The summed E-state index contributed by atoms with van der Waals surface area (Å²) in [7, 11) is 0. The van der Waals surface area contributed by atoms with Crippen LogP contribution < -0.4 is 5.73 Å². The van der Waals surface area contributed by atoms with Gasteiger partial charge in [-0.3, -0.25) is 0 Å². The molecule has 2 aromatic rings. The molecular formula is C17H21N3. The van der Waals surface area contributed by atoms with E-state index in [2.05, 4.69) is 44.0 Å². The van der Waals surface area contributed by atoms with Crippen LogP contribution in [0.5, 0.6) is 0 Å². The fourth-order valence-electron chi connectivity index (χ4n) is 2.42. The first-order chi connectivity index (χ1) is 9.45. The average Bonchev–Trinajstić information content (AvgIpc) is 3.21. The molecule has 0 unspecified atom stereocenters. The standard InChI is InChI=1S/C17H21N3/c1-17(2,3)14-10-15(18)20-16(19-14)13-7-5-4-6-12(13)11-8-9-11/h4-7,10-11H,8-9H2,1-3H3,(H2,18,19,20). The fourth-order valence-corrected chi connectivity index (χ4v) is 2.42. The van der Waals surface area contributed by atoms with Crippen molar-refractivity contribution < 1.29 is 0 Å². The number of hydrogen-bond acceptors (Lipinski definition) is 3. The summed E-state index contributed by atoms with van der Waals surface area (Å²) in [6.07, 6.45) is 2.54. The SMILES string of the molecule is CC(C)(C)c1cc(N)nc(-c2ccccc2C2CC2)n1. The van der Waals surface area contributed by atoms with Crippen LogP contribution in [0.1, 0.15) is 50.8 Å². The molecule has 1 saturated carbocycles. The maximum atomic E-state index is 5.98. The van der Waals surface area contributed by atoms with Gasteiger partial charge in [-0.1, -0.05) is 45.0 Å². The molecule has 3 nitrogen and oxygen atoms in total. The fraction of sp³-hybridized carbons (Fsp3) is 0.412. The monoisotopic (exact) mass is 267 g/mol.